The van der Waals surface area contributed by atoms with Gasteiger partial charge in [-0.1, -0.05) is 24.3 Å². The second kappa shape index (κ2) is 7.24. The summed E-state index contributed by atoms with van der Waals surface area (Å²) in [6, 6.07) is 12.4. The van der Waals surface area contributed by atoms with Gasteiger partial charge >= 0.3 is 0 Å². The highest BCUT2D eigenvalue weighted by Gasteiger charge is 2.07. The number of fused-ring (bicyclic) bond motifs is 1. The number of benzene rings is 2. The van der Waals surface area contributed by atoms with Gasteiger partial charge in [0.2, 0.25) is 0 Å². The van der Waals surface area contributed by atoms with E-state index >= 15 is 0 Å². The largest absolute Gasteiger partial charge is 0.398 e. The van der Waals surface area contributed by atoms with Gasteiger partial charge in [-0.25, -0.2) is 0 Å². The molecular weight excluding hydrogens is 252 g/mol. The first-order chi connectivity index (χ1) is 9.74. The maximum Gasteiger partial charge on any atom is 0.0928 e. The minimum absolute atomic E-state index is 0.0571. The van der Waals surface area contributed by atoms with Crippen LogP contribution in [0, 0.1) is 0 Å². The number of anilines is 1. The van der Waals surface area contributed by atoms with Crippen molar-refractivity contribution in [3.63, 3.8) is 0 Å². The van der Waals surface area contributed by atoms with Crippen LogP contribution in [0.1, 0.15) is 5.56 Å². The van der Waals surface area contributed by atoms with E-state index in [1.165, 1.54) is 10.8 Å². The van der Waals surface area contributed by atoms with Gasteiger partial charge in [-0.2, -0.15) is 0 Å². The van der Waals surface area contributed by atoms with Crippen molar-refractivity contribution in [3.05, 3.63) is 42.0 Å². The fourth-order valence-corrected chi connectivity index (χ4v) is 2.22. The Bertz CT molecular complexity index is 557. The number of nitrogen functional groups attached to an aromatic ring is 1. The van der Waals surface area contributed by atoms with Crippen LogP contribution in [-0.4, -0.2) is 33.5 Å². The SMILES string of the molecule is COCC(CNCc1cc2ccccc2cc1N)OC. The van der Waals surface area contributed by atoms with E-state index in [1.807, 2.05) is 18.2 Å². The zero-order valence-corrected chi connectivity index (χ0v) is 12.1. The molecule has 20 heavy (non-hydrogen) atoms. The standard InChI is InChI=1S/C16H22N2O2/c1-19-11-15(20-2)10-18-9-14-7-12-5-3-4-6-13(12)8-16(14)17/h3-8,15,18H,9-11,17H2,1-2H3. The van der Waals surface area contributed by atoms with Crippen molar-refractivity contribution in [2.75, 3.05) is 33.1 Å². The number of rotatable bonds is 7. The molecule has 0 spiro atoms. The molecule has 2 aromatic rings. The van der Waals surface area contributed by atoms with Crippen LogP contribution in [-0.2, 0) is 16.0 Å². The predicted octanol–water partition coefficient (Wildman–Crippen LogP) is 2.17. The summed E-state index contributed by atoms with van der Waals surface area (Å²) in [6.07, 6.45) is 0.0571. The highest BCUT2D eigenvalue weighted by Crippen LogP contribution is 2.21. The van der Waals surface area contributed by atoms with Gasteiger partial charge in [0.05, 0.1) is 12.7 Å². The Hall–Kier alpha value is -1.62. The summed E-state index contributed by atoms with van der Waals surface area (Å²) in [6.45, 7) is 2.04. The zero-order chi connectivity index (χ0) is 14.4. The number of methoxy groups -OCH3 is 2. The molecule has 0 amide bonds. The van der Waals surface area contributed by atoms with E-state index in [4.69, 9.17) is 15.2 Å². The molecule has 0 saturated carbocycles. The van der Waals surface area contributed by atoms with Gasteiger partial charge in [-0.3, -0.25) is 0 Å². The summed E-state index contributed by atoms with van der Waals surface area (Å²) in [7, 11) is 3.36. The molecule has 2 rings (SSSR count). The second-order valence-corrected chi connectivity index (χ2v) is 4.84. The first-order valence-electron chi connectivity index (χ1n) is 6.74. The van der Waals surface area contributed by atoms with Crippen LogP contribution in [0.2, 0.25) is 0 Å². The maximum atomic E-state index is 6.10. The van der Waals surface area contributed by atoms with Gasteiger partial charge in [0.1, 0.15) is 0 Å². The van der Waals surface area contributed by atoms with E-state index < -0.39 is 0 Å². The van der Waals surface area contributed by atoms with E-state index in [2.05, 4.69) is 23.5 Å². The van der Waals surface area contributed by atoms with Crippen LogP contribution in [0.25, 0.3) is 10.8 Å². The Labute approximate surface area is 119 Å². The Balaban J connectivity index is 2.00. The quantitative estimate of drug-likeness (QED) is 0.760. The zero-order valence-electron chi connectivity index (χ0n) is 12.1. The highest BCUT2D eigenvalue weighted by atomic mass is 16.5. The van der Waals surface area contributed by atoms with Gasteiger partial charge in [0.15, 0.2) is 0 Å². The van der Waals surface area contributed by atoms with Crippen LogP contribution in [0.3, 0.4) is 0 Å². The van der Waals surface area contributed by atoms with Gasteiger partial charge in [-0.15, -0.1) is 0 Å². The minimum atomic E-state index is 0.0571. The van der Waals surface area contributed by atoms with E-state index in [1.54, 1.807) is 14.2 Å². The van der Waals surface area contributed by atoms with Crippen LogP contribution in [0.5, 0.6) is 0 Å². The van der Waals surface area contributed by atoms with Crippen molar-refractivity contribution in [2.24, 2.45) is 0 Å². The monoisotopic (exact) mass is 274 g/mol. The van der Waals surface area contributed by atoms with Gasteiger partial charge < -0.3 is 20.5 Å². The molecule has 0 aromatic heterocycles. The molecule has 0 heterocycles. The molecule has 0 aliphatic carbocycles. The Morgan fingerprint density at radius 2 is 1.85 bits per heavy atom. The molecule has 4 nitrogen and oxygen atoms in total. The topological polar surface area (TPSA) is 56.5 Å². The first kappa shape index (κ1) is 14.8. The molecular formula is C16H22N2O2. The van der Waals surface area contributed by atoms with Gasteiger partial charge in [-0.05, 0) is 28.5 Å². The van der Waals surface area contributed by atoms with Crippen LogP contribution in [0.15, 0.2) is 36.4 Å². The normalized spacial score (nSPS) is 12.7. The van der Waals surface area contributed by atoms with Crippen LogP contribution >= 0.6 is 0 Å². The van der Waals surface area contributed by atoms with Crippen molar-refractivity contribution < 1.29 is 9.47 Å². The van der Waals surface area contributed by atoms with E-state index in [9.17, 15) is 0 Å². The summed E-state index contributed by atoms with van der Waals surface area (Å²) in [5.41, 5.74) is 8.02. The van der Waals surface area contributed by atoms with E-state index in [0.717, 1.165) is 24.3 Å². The molecule has 4 heteroatoms. The van der Waals surface area contributed by atoms with Crippen LogP contribution in [0.4, 0.5) is 5.69 Å². The Morgan fingerprint density at radius 3 is 2.50 bits per heavy atom. The molecule has 1 unspecified atom stereocenters. The fraction of sp³-hybridized carbons (Fsp3) is 0.375. The molecule has 0 fully saturated rings. The lowest BCUT2D eigenvalue weighted by Crippen LogP contribution is -2.31. The lowest BCUT2D eigenvalue weighted by Gasteiger charge is -2.16. The number of nitrogens with one attached hydrogen (secondary N) is 1. The minimum Gasteiger partial charge on any atom is -0.398 e. The van der Waals surface area contributed by atoms with E-state index in [0.29, 0.717) is 6.61 Å². The Kier molecular flexibility index (Phi) is 5.35. The fourth-order valence-electron chi connectivity index (χ4n) is 2.22. The summed E-state index contributed by atoms with van der Waals surface area (Å²) in [5, 5.41) is 5.73. The molecule has 0 aliphatic rings. The third-order valence-corrected chi connectivity index (χ3v) is 3.38. The Morgan fingerprint density at radius 1 is 1.15 bits per heavy atom. The predicted molar refractivity (Wildman–Crippen MR) is 82.7 cm³/mol. The summed E-state index contributed by atoms with van der Waals surface area (Å²) < 4.78 is 10.4. The van der Waals surface area contributed by atoms with Crippen LogP contribution < -0.4 is 11.1 Å². The summed E-state index contributed by atoms with van der Waals surface area (Å²) >= 11 is 0. The average molecular weight is 274 g/mol. The first-order valence-corrected chi connectivity index (χ1v) is 6.74. The highest BCUT2D eigenvalue weighted by molar-refractivity contribution is 5.86. The van der Waals surface area contributed by atoms with Crippen molar-refractivity contribution >= 4 is 16.5 Å². The molecule has 0 saturated heterocycles. The molecule has 0 aliphatic heterocycles. The molecule has 108 valence electrons. The number of ether oxygens (including phenoxy) is 2. The third-order valence-electron chi connectivity index (χ3n) is 3.38. The second-order valence-electron chi connectivity index (χ2n) is 4.84. The third kappa shape index (κ3) is 3.70. The smallest absolute Gasteiger partial charge is 0.0928 e. The average Bonchev–Trinajstić information content (AvgIpc) is 2.46. The summed E-state index contributed by atoms with van der Waals surface area (Å²) in [5.74, 6) is 0. The molecule has 0 bridgehead atoms. The van der Waals surface area contributed by atoms with Gasteiger partial charge in [0, 0.05) is 33.0 Å². The lowest BCUT2D eigenvalue weighted by molar-refractivity contribution is 0.0288. The number of nitrogens with two attached hydrogens (primary N) is 1. The van der Waals surface area contributed by atoms with Gasteiger partial charge in [0.25, 0.3) is 0 Å². The molecule has 1 atom stereocenters. The van der Waals surface area contributed by atoms with Crippen molar-refractivity contribution in [3.8, 4) is 0 Å². The van der Waals surface area contributed by atoms with Crippen molar-refractivity contribution in [2.45, 2.75) is 12.6 Å². The lowest BCUT2D eigenvalue weighted by atomic mass is 10.1. The number of hydrogen-bond acceptors (Lipinski definition) is 4. The van der Waals surface area contributed by atoms with E-state index in [-0.39, 0.29) is 6.10 Å². The molecule has 3 N–H and O–H groups in total. The van der Waals surface area contributed by atoms with Crippen molar-refractivity contribution in [1.82, 2.24) is 5.32 Å². The summed E-state index contributed by atoms with van der Waals surface area (Å²) in [4.78, 5) is 0. The number of hydrogen-bond donors (Lipinski definition) is 2. The van der Waals surface area contributed by atoms with Crippen molar-refractivity contribution in [1.29, 1.82) is 0 Å². The molecule has 0 radical (unpaired) electrons. The molecule has 2 aromatic carbocycles. The maximum absolute atomic E-state index is 6.10.